The van der Waals surface area contributed by atoms with Gasteiger partial charge in [0.15, 0.2) is 0 Å². The Labute approximate surface area is 125 Å². The van der Waals surface area contributed by atoms with Crippen LogP contribution in [0.2, 0.25) is 0 Å². The van der Waals surface area contributed by atoms with Crippen LogP contribution in [0, 0.1) is 5.92 Å². The summed E-state index contributed by atoms with van der Waals surface area (Å²) in [5.41, 5.74) is 3.07. The molecule has 1 aromatic rings. The molecule has 1 fully saturated rings. The van der Waals surface area contributed by atoms with Gasteiger partial charge in [-0.25, -0.2) is 0 Å². The molecule has 0 heterocycles. The molecular formula is C19H31N. The Morgan fingerprint density at radius 2 is 1.75 bits per heavy atom. The van der Waals surface area contributed by atoms with Gasteiger partial charge in [-0.1, -0.05) is 64.8 Å². The Morgan fingerprint density at radius 3 is 2.30 bits per heavy atom. The zero-order valence-electron chi connectivity index (χ0n) is 13.9. The van der Waals surface area contributed by atoms with Crippen LogP contribution >= 0.6 is 0 Å². The summed E-state index contributed by atoms with van der Waals surface area (Å²) in [6, 6.07) is 10.3. The maximum atomic E-state index is 3.82. The standard InChI is InChI=1S/C19H31N/c1-14-7-6-8-18(13-14)20-15(2)16-9-11-17(12-10-16)19(3,4)5/h9-12,14-15,18,20H,6-8,13H2,1-5H3. The smallest absolute Gasteiger partial charge is 0.0294 e. The van der Waals surface area contributed by atoms with Crippen LogP contribution in [0.15, 0.2) is 24.3 Å². The van der Waals surface area contributed by atoms with Gasteiger partial charge in [-0.2, -0.15) is 0 Å². The van der Waals surface area contributed by atoms with E-state index in [9.17, 15) is 0 Å². The molecule has 0 amide bonds. The van der Waals surface area contributed by atoms with Crippen LogP contribution in [0.25, 0.3) is 0 Å². The van der Waals surface area contributed by atoms with Crippen LogP contribution in [0.5, 0.6) is 0 Å². The lowest BCUT2D eigenvalue weighted by molar-refractivity contribution is 0.285. The Kier molecular flexibility index (Phi) is 4.90. The summed E-state index contributed by atoms with van der Waals surface area (Å²) in [5, 5.41) is 3.82. The average molecular weight is 273 g/mol. The molecule has 1 aliphatic carbocycles. The van der Waals surface area contributed by atoms with Gasteiger partial charge < -0.3 is 5.32 Å². The van der Waals surface area contributed by atoms with Crippen molar-refractivity contribution in [1.82, 2.24) is 5.32 Å². The molecule has 2 rings (SSSR count). The summed E-state index contributed by atoms with van der Waals surface area (Å²) in [7, 11) is 0. The molecule has 0 saturated heterocycles. The molecule has 0 spiro atoms. The second-order valence-corrected chi connectivity index (χ2v) is 7.73. The van der Waals surface area contributed by atoms with Gasteiger partial charge in [0.2, 0.25) is 0 Å². The highest BCUT2D eigenvalue weighted by molar-refractivity contribution is 5.29. The maximum Gasteiger partial charge on any atom is 0.0294 e. The normalized spacial score (nSPS) is 25.4. The molecule has 1 saturated carbocycles. The second-order valence-electron chi connectivity index (χ2n) is 7.73. The van der Waals surface area contributed by atoms with Crippen molar-refractivity contribution in [2.24, 2.45) is 5.92 Å². The van der Waals surface area contributed by atoms with Crippen molar-refractivity contribution in [1.29, 1.82) is 0 Å². The van der Waals surface area contributed by atoms with Crippen molar-refractivity contribution in [3.63, 3.8) is 0 Å². The molecule has 1 nitrogen and oxygen atoms in total. The van der Waals surface area contributed by atoms with Gasteiger partial charge in [-0.15, -0.1) is 0 Å². The number of hydrogen-bond acceptors (Lipinski definition) is 1. The van der Waals surface area contributed by atoms with Gasteiger partial charge in [0.05, 0.1) is 0 Å². The van der Waals surface area contributed by atoms with E-state index in [0.29, 0.717) is 12.1 Å². The lowest BCUT2D eigenvalue weighted by Crippen LogP contribution is -2.35. The summed E-state index contributed by atoms with van der Waals surface area (Å²) < 4.78 is 0. The number of benzene rings is 1. The molecule has 3 unspecified atom stereocenters. The van der Waals surface area contributed by atoms with Gasteiger partial charge in [-0.3, -0.25) is 0 Å². The zero-order valence-corrected chi connectivity index (χ0v) is 13.9. The largest absolute Gasteiger partial charge is 0.307 e. The van der Waals surface area contributed by atoms with Gasteiger partial charge in [0.1, 0.15) is 0 Å². The fourth-order valence-electron chi connectivity index (χ4n) is 3.31. The molecule has 1 heteroatoms. The number of hydrogen-bond donors (Lipinski definition) is 1. The van der Waals surface area contributed by atoms with E-state index >= 15 is 0 Å². The van der Waals surface area contributed by atoms with Gasteiger partial charge in [0, 0.05) is 12.1 Å². The Balaban J connectivity index is 1.97. The predicted molar refractivity (Wildman–Crippen MR) is 88.1 cm³/mol. The van der Waals surface area contributed by atoms with E-state index in [0.717, 1.165) is 5.92 Å². The van der Waals surface area contributed by atoms with E-state index in [1.807, 2.05) is 0 Å². The van der Waals surface area contributed by atoms with Crippen LogP contribution in [0.3, 0.4) is 0 Å². The minimum atomic E-state index is 0.244. The summed E-state index contributed by atoms with van der Waals surface area (Å²) in [5.74, 6) is 0.886. The minimum absolute atomic E-state index is 0.244. The predicted octanol–water partition coefficient (Wildman–Crippen LogP) is 5.21. The first-order chi connectivity index (χ1) is 9.36. The summed E-state index contributed by atoms with van der Waals surface area (Å²) in [6.45, 7) is 11.5. The van der Waals surface area contributed by atoms with Crippen molar-refractivity contribution in [3.8, 4) is 0 Å². The van der Waals surface area contributed by atoms with E-state index in [-0.39, 0.29) is 5.41 Å². The average Bonchev–Trinajstić information content (AvgIpc) is 2.38. The lowest BCUT2D eigenvalue weighted by atomic mass is 9.85. The molecule has 1 aromatic carbocycles. The molecule has 0 aliphatic heterocycles. The minimum Gasteiger partial charge on any atom is -0.307 e. The quantitative estimate of drug-likeness (QED) is 0.796. The molecule has 0 bridgehead atoms. The Hall–Kier alpha value is -0.820. The molecule has 0 aromatic heterocycles. The molecular weight excluding hydrogens is 242 g/mol. The van der Waals surface area contributed by atoms with E-state index < -0.39 is 0 Å². The third-order valence-corrected chi connectivity index (χ3v) is 4.70. The third kappa shape index (κ3) is 4.09. The van der Waals surface area contributed by atoms with Gasteiger partial charge >= 0.3 is 0 Å². The highest BCUT2D eigenvalue weighted by Crippen LogP contribution is 2.27. The number of nitrogens with one attached hydrogen (secondary N) is 1. The molecule has 1 N–H and O–H groups in total. The van der Waals surface area contributed by atoms with Crippen molar-refractivity contribution in [2.75, 3.05) is 0 Å². The Morgan fingerprint density at radius 1 is 1.10 bits per heavy atom. The van der Waals surface area contributed by atoms with Crippen LogP contribution in [-0.4, -0.2) is 6.04 Å². The van der Waals surface area contributed by atoms with E-state index in [2.05, 4.69) is 64.2 Å². The fourth-order valence-corrected chi connectivity index (χ4v) is 3.31. The van der Waals surface area contributed by atoms with E-state index in [1.54, 1.807) is 0 Å². The molecule has 1 aliphatic rings. The SMILES string of the molecule is CC1CCCC(NC(C)c2ccc(C(C)(C)C)cc2)C1. The fraction of sp³-hybridized carbons (Fsp3) is 0.684. The molecule has 3 atom stereocenters. The first-order valence-electron chi connectivity index (χ1n) is 8.23. The zero-order chi connectivity index (χ0) is 14.8. The van der Waals surface area contributed by atoms with Crippen molar-refractivity contribution < 1.29 is 0 Å². The molecule has 0 radical (unpaired) electrons. The van der Waals surface area contributed by atoms with Crippen LogP contribution in [-0.2, 0) is 5.41 Å². The summed E-state index contributed by atoms with van der Waals surface area (Å²) >= 11 is 0. The van der Waals surface area contributed by atoms with Crippen molar-refractivity contribution in [3.05, 3.63) is 35.4 Å². The maximum absolute atomic E-state index is 3.82. The second kappa shape index (κ2) is 6.30. The van der Waals surface area contributed by atoms with Crippen LogP contribution < -0.4 is 5.32 Å². The van der Waals surface area contributed by atoms with Crippen LogP contribution in [0.4, 0.5) is 0 Å². The highest BCUT2D eigenvalue weighted by Gasteiger charge is 2.21. The monoisotopic (exact) mass is 273 g/mol. The third-order valence-electron chi connectivity index (χ3n) is 4.70. The lowest BCUT2D eigenvalue weighted by Gasteiger charge is -2.30. The van der Waals surface area contributed by atoms with E-state index in [4.69, 9.17) is 0 Å². The van der Waals surface area contributed by atoms with Crippen molar-refractivity contribution >= 4 is 0 Å². The first kappa shape index (κ1) is 15.6. The topological polar surface area (TPSA) is 12.0 Å². The molecule has 112 valence electrons. The Bertz CT molecular complexity index is 412. The summed E-state index contributed by atoms with van der Waals surface area (Å²) in [4.78, 5) is 0. The summed E-state index contributed by atoms with van der Waals surface area (Å²) in [6.07, 6.45) is 5.47. The van der Waals surface area contributed by atoms with Crippen LogP contribution in [0.1, 0.15) is 77.5 Å². The van der Waals surface area contributed by atoms with Gasteiger partial charge in [-0.05, 0) is 42.2 Å². The van der Waals surface area contributed by atoms with Gasteiger partial charge in [0.25, 0.3) is 0 Å². The van der Waals surface area contributed by atoms with Crippen molar-refractivity contribution in [2.45, 2.75) is 77.8 Å². The highest BCUT2D eigenvalue weighted by atomic mass is 14.9. The number of rotatable bonds is 3. The molecule has 20 heavy (non-hydrogen) atoms. The van der Waals surface area contributed by atoms with E-state index in [1.165, 1.54) is 36.8 Å². The first-order valence-corrected chi connectivity index (χ1v) is 8.23.